The summed E-state index contributed by atoms with van der Waals surface area (Å²) in [4.78, 5) is 17.0. The first-order valence-electron chi connectivity index (χ1n) is 10.4. The Morgan fingerprint density at radius 3 is 2.35 bits per heavy atom. The van der Waals surface area contributed by atoms with E-state index in [1.54, 1.807) is 12.4 Å². The molecule has 0 radical (unpaired) electrons. The van der Waals surface area contributed by atoms with Crippen LogP contribution in [0, 0.1) is 0 Å². The Morgan fingerprint density at radius 2 is 1.77 bits per heavy atom. The predicted octanol–water partition coefficient (Wildman–Crippen LogP) is 4.18. The van der Waals surface area contributed by atoms with Gasteiger partial charge in [-0.05, 0) is 72.1 Å². The van der Waals surface area contributed by atoms with Gasteiger partial charge in [0.1, 0.15) is 11.3 Å². The van der Waals surface area contributed by atoms with Crippen LogP contribution in [0.15, 0.2) is 42.7 Å². The van der Waals surface area contributed by atoms with Gasteiger partial charge in [0.15, 0.2) is 0 Å². The Hall–Kier alpha value is -2.71. The number of hydrogen-bond donors (Lipinski definition) is 0. The third kappa shape index (κ3) is 3.97. The highest BCUT2D eigenvalue weighted by molar-refractivity contribution is 6.62. The van der Waals surface area contributed by atoms with E-state index < -0.39 is 30.0 Å². The molecular formula is C23H28BN3O4. The third-order valence-electron chi connectivity index (χ3n) is 5.73. The maximum absolute atomic E-state index is 12.8. The zero-order valence-electron chi connectivity index (χ0n) is 19.1. The number of carbonyl (C=O) groups is 1. The lowest BCUT2D eigenvalue weighted by molar-refractivity contribution is 0.00578. The number of fused-ring (bicyclic) bond motifs is 1. The fraction of sp³-hybridized carbons (Fsp3) is 0.435. The van der Waals surface area contributed by atoms with E-state index >= 15 is 0 Å². The lowest BCUT2D eigenvalue weighted by Crippen LogP contribution is -2.41. The molecular weight excluding hydrogens is 393 g/mol. The Labute approximate surface area is 182 Å². The number of ether oxygens (including phenoxy) is 1. The SMILES string of the molecule is CC(C)(C)OC(=O)n1nc(-c2cccnc2)c2cc(B3OC(C)(C)C(C)(C)O3)ccc21. The summed E-state index contributed by atoms with van der Waals surface area (Å²) in [5.41, 5.74) is 1.44. The smallest absolute Gasteiger partial charge is 0.442 e. The second kappa shape index (κ2) is 7.17. The highest BCUT2D eigenvalue weighted by Crippen LogP contribution is 2.37. The molecule has 0 amide bonds. The standard InChI is InChI=1S/C23H28BN3O4/c1-21(2,3)29-20(28)27-18-11-10-16(24-30-22(4,5)23(6,7)31-24)13-17(18)19(26-27)15-9-8-12-25-14-15/h8-14H,1-7H3. The van der Waals surface area contributed by atoms with Gasteiger partial charge in [0, 0.05) is 23.3 Å². The Kier molecular flexibility index (Phi) is 4.98. The van der Waals surface area contributed by atoms with Crippen molar-refractivity contribution in [3.8, 4) is 11.3 Å². The number of rotatable bonds is 2. The van der Waals surface area contributed by atoms with Crippen molar-refractivity contribution in [2.24, 2.45) is 0 Å². The number of benzene rings is 1. The van der Waals surface area contributed by atoms with Gasteiger partial charge < -0.3 is 14.0 Å². The van der Waals surface area contributed by atoms with Crippen LogP contribution >= 0.6 is 0 Å². The molecule has 0 unspecified atom stereocenters. The minimum atomic E-state index is -0.632. The molecule has 3 heterocycles. The molecule has 162 valence electrons. The summed E-state index contributed by atoms with van der Waals surface area (Å²) >= 11 is 0. The van der Waals surface area contributed by atoms with Crippen LogP contribution in [0.2, 0.25) is 0 Å². The van der Waals surface area contributed by atoms with Crippen molar-refractivity contribution in [3.05, 3.63) is 42.7 Å². The fourth-order valence-electron chi connectivity index (χ4n) is 3.42. The number of aromatic nitrogens is 3. The van der Waals surface area contributed by atoms with E-state index in [0.717, 1.165) is 16.4 Å². The van der Waals surface area contributed by atoms with Crippen molar-refractivity contribution in [3.63, 3.8) is 0 Å². The summed E-state index contributed by atoms with van der Waals surface area (Å²) in [5.74, 6) is 0. The number of carbonyl (C=O) groups excluding carboxylic acids is 1. The molecule has 7 nitrogen and oxygen atoms in total. The second-order valence-corrected chi connectivity index (χ2v) is 9.85. The highest BCUT2D eigenvalue weighted by atomic mass is 16.7. The van der Waals surface area contributed by atoms with E-state index in [1.165, 1.54) is 4.68 Å². The first kappa shape index (κ1) is 21.5. The molecule has 1 aromatic carbocycles. The fourth-order valence-corrected chi connectivity index (χ4v) is 3.42. The lowest BCUT2D eigenvalue weighted by Gasteiger charge is -2.32. The Morgan fingerprint density at radius 1 is 1.10 bits per heavy atom. The van der Waals surface area contributed by atoms with Gasteiger partial charge in [0.25, 0.3) is 0 Å². The van der Waals surface area contributed by atoms with Gasteiger partial charge in [0.2, 0.25) is 0 Å². The van der Waals surface area contributed by atoms with Crippen molar-refractivity contribution in [1.82, 2.24) is 14.8 Å². The van der Waals surface area contributed by atoms with E-state index in [0.29, 0.717) is 11.2 Å². The summed E-state index contributed by atoms with van der Waals surface area (Å²) in [7, 11) is -0.513. The van der Waals surface area contributed by atoms with Crippen molar-refractivity contribution in [2.75, 3.05) is 0 Å². The normalized spacial score (nSPS) is 17.8. The van der Waals surface area contributed by atoms with Gasteiger partial charge in [-0.15, -0.1) is 0 Å². The molecule has 0 saturated carbocycles. The van der Waals surface area contributed by atoms with Crippen molar-refractivity contribution in [1.29, 1.82) is 0 Å². The zero-order valence-corrected chi connectivity index (χ0v) is 19.1. The predicted molar refractivity (Wildman–Crippen MR) is 120 cm³/mol. The van der Waals surface area contributed by atoms with E-state index in [1.807, 2.05) is 78.8 Å². The zero-order chi connectivity index (χ0) is 22.6. The van der Waals surface area contributed by atoms with Crippen molar-refractivity contribution < 1.29 is 18.8 Å². The molecule has 3 aromatic rings. The second-order valence-electron chi connectivity index (χ2n) is 9.85. The summed E-state index contributed by atoms with van der Waals surface area (Å²) in [6, 6.07) is 9.47. The quantitative estimate of drug-likeness (QED) is 0.578. The molecule has 1 aliphatic heterocycles. The van der Waals surface area contributed by atoms with Gasteiger partial charge in [-0.2, -0.15) is 9.78 Å². The molecule has 0 bridgehead atoms. The van der Waals surface area contributed by atoms with Crippen LogP contribution in [0.25, 0.3) is 22.2 Å². The summed E-state index contributed by atoms with van der Waals surface area (Å²) in [6.45, 7) is 13.6. The van der Waals surface area contributed by atoms with Crippen LogP contribution in [0.5, 0.6) is 0 Å². The average Bonchev–Trinajstić information content (AvgIpc) is 3.15. The number of pyridine rings is 1. The molecule has 1 saturated heterocycles. The number of hydrogen-bond acceptors (Lipinski definition) is 6. The molecule has 0 N–H and O–H groups in total. The van der Waals surface area contributed by atoms with Crippen LogP contribution in [0.3, 0.4) is 0 Å². The van der Waals surface area contributed by atoms with Crippen LogP contribution < -0.4 is 5.46 Å². The summed E-state index contributed by atoms with van der Waals surface area (Å²) < 4.78 is 19.3. The van der Waals surface area contributed by atoms with Gasteiger partial charge in [-0.1, -0.05) is 12.1 Å². The molecule has 8 heteroatoms. The lowest BCUT2D eigenvalue weighted by atomic mass is 9.78. The maximum atomic E-state index is 12.8. The van der Waals surface area contributed by atoms with Gasteiger partial charge >= 0.3 is 13.2 Å². The van der Waals surface area contributed by atoms with Crippen LogP contribution in [0.1, 0.15) is 48.5 Å². The van der Waals surface area contributed by atoms with E-state index in [-0.39, 0.29) is 0 Å². The molecule has 1 aliphatic rings. The molecule has 0 atom stereocenters. The minimum absolute atomic E-state index is 0.445. The molecule has 31 heavy (non-hydrogen) atoms. The monoisotopic (exact) mass is 421 g/mol. The van der Waals surface area contributed by atoms with Crippen LogP contribution in [-0.2, 0) is 14.0 Å². The molecule has 0 spiro atoms. The topological polar surface area (TPSA) is 75.5 Å². The molecule has 1 fully saturated rings. The summed E-state index contributed by atoms with van der Waals surface area (Å²) in [6.07, 6.45) is 2.89. The third-order valence-corrected chi connectivity index (χ3v) is 5.73. The van der Waals surface area contributed by atoms with Gasteiger partial charge in [0.05, 0.1) is 16.7 Å². The van der Waals surface area contributed by atoms with Gasteiger partial charge in [-0.3, -0.25) is 4.98 Å². The summed E-state index contributed by atoms with van der Waals surface area (Å²) in [5, 5.41) is 5.39. The Bertz CT molecular complexity index is 1120. The largest absolute Gasteiger partial charge is 0.494 e. The van der Waals surface area contributed by atoms with Crippen LogP contribution in [-0.4, -0.2) is 44.8 Å². The molecule has 0 aliphatic carbocycles. The van der Waals surface area contributed by atoms with Crippen molar-refractivity contribution in [2.45, 2.75) is 65.3 Å². The first-order valence-corrected chi connectivity index (χ1v) is 10.4. The van der Waals surface area contributed by atoms with E-state index in [9.17, 15) is 4.79 Å². The number of nitrogens with zero attached hydrogens (tertiary/aromatic N) is 3. The maximum Gasteiger partial charge on any atom is 0.494 e. The van der Waals surface area contributed by atoms with Crippen molar-refractivity contribution >= 4 is 29.6 Å². The molecule has 2 aromatic heterocycles. The Balaban J connectivity index is 1.83. The average molecular weight is 421 g/mol. The van der Waals surface area contributed by atoms with E-state index in [2.05, 4.69) is 10.1 Å². The molecule has 4 rings (SSSR count). The first-order chi connectivity index (χ1) is 14.4. The minimum Gasteiger partial charge on any atom is -0.442 e. The van der Waals surface area contributed by atoms with Crippen LogP contribution in [0.4, 0.5) is 4.79 Å². The van der Waals surface area contributed by atoms with Gasteiger partial charge in [-0.25, -0.2) is 4.79 Å². The highest BCUT2D eigenvalue weighted by Gasteiger charge is 2.51. The van der Waals surface area contributed by atoms with E-state index in [4.69, 9.17) is 14.0 Å².